The van der Waals surface area contributed by atoms with Crippen LogP contribution < -0.4 is 0 Å². The first-order valence-corrected chi connectivity index (χ1v) is 4.56. The Morgan fingerprint density at radius 1 is 1.50 bits per heavy atom. The molecule has 0 bridgehead atoms. The molecule has 0 fully saturated rings. The lowest BCUT2D eigenvalue weighted by Gasteiger charge is -2.21. The third-order valence-electron chi connectivity index (χ3n) is 2.00. The minimum absolute atomic E-state index is 0.103. The van der Waals surface area contributed by atoms with Crippen molar-refractivity contribution in [2.75, 3.05) is 0 Å². The van der Waals surface area contributed by atoms with E-state index in [1.807, 2.05) is 26.8 Å². The normalized spacial score (nSPS) is 13.4. The second-order valence-corrected chi connectivity index (χ2v) is 4.26. The van der Waals surface area contributed by atoms with Crippen LogP contribution in [0.15, 0.2) is 18.3 Å². The van der Waals surface area contributed by atoms with Gasteiger partial charge < -0.3 is 5.11 Å². The summed E-state index contributed by atoms with van der Waals surface area (Å²) in [6.45, 7) is 6.13. The molecule has 14 heavy (non-hydrogen) atoms. The third kappa shape index (κ3) is 2.12. The highest BCUT2D eigenvalue weighted by Gasteiger charge is 2.21. The van der Waals surface area contributed by atoms with E-state index in [1.54, 1.807) is 12.3 Å². The number of hydrogen-bond donors (Lipinski definition) is 1. The highest BCUT2D eigenvalue weighted by Crippen LogP contribution is 2.27. The van der Waals surface area contributed by atoms with Gasteiger partial charge in [0.2, 0.25) is 0 Å². The van der Waals surface area contributed by atoms with E-state index >= 15 is 0 Å². The van der Waals surface area contributed by atoms with Gasteiger partial charge in [-0.25, -0.2) is 0 Å². The fourth-order valence-corrected chi connectivity index (χ4v) is 1.35. The topological polar surface area (TPSA) is 33.1 Å². The molecule has 0 amide bonds. The molecule has 0 aromatic carbocycles. The molecular weight excluding hydrogens is 174 g/mol. The summed E-state index contributed by atoms with van der Waals surface area (Å²) in [7, 11) is 0. The molecule has 0 unspecified atom stereocenters. The van der Waals surface area contributed by atoms with Crippen LogP contribution in [0.2, 0.25) is 0 Å². The van der Waals surface area contributed by atoms with Gasteiger partial charge in [-0.15, -0.1) is 6.42 Å². The highest BCUT2D eigenvalue weighted by molar-refractivity contribution is 5.31. The van der Waals surface area contributed by atoms with Gasteiger partial charge in [-0.1, -0.05) is 32.8 Å². The predicted octanol–water partition coefficient (Wildman–Crippen LogP) is 2.05. The van der Waals surface area contributed by atoms with Crippen LogP contribution in [-0.2, 0) is 5.41 Å². The van der Waals surface area contributed by atoms with Crippen molar-refractivity contribution >= 4 is 0 Å². The summed E-state index contributed by atoms with van der Waals surface area (Å²) in [6.07, 6.45) is 6.04. The number of pyridine rings is 1. The van der Waals surface area contributed by atoms with Gasteiger partial charge in [0, 0.05) is 17.2 Å². The molecule has 1 rings (SSSR count). The Kier molecular flexibility index (Phi) is 2.93. The molecule has 1 atom stereocenters. The number of rotatable bonds is 1. The van der Waals surface area contributed by atoms with Crippen LogP contribution in [0.5, 0.6) is 0 Å². The smallest absolute Gasteiger partial charge is 0.141 e. The fraction of sp³-hybridized carbons (Fsp3) is 0.417. The summed E-state index contributed by atoms with van der Waals surface area (Å²) >= 11 is 0. The van der Waals surface area contributed by atoms with Crippen LogP contribution in [0.1, 0.15) is 38.1 Å². The number of hydrogen-bond acceptors (Lipinski definition) is 2. The zero-order valence-electron chi connectivity index (χ0n) is 8.78. The van der Waals surface area contributed by atoms with Crippen LogP contribution in [0.3, 0.4) is 0 Å². The summed E-state index contributed by atoms with van der Waals surface area (Å²) in [4.78, 5) is 4.26. The average Bonchev–Trinajstić information content (AvgIpc) is 2.15. The first kappa shape index (κ1) is 10.7. The fourth-order valence-electron chi connectivity index (χ4n) is 1.35. The van der Waals surface area contributed by atoms with Crippen LogP contribution >= 0.6 is 0 Å². The molecule has 0 aliphatic rings. The van der Waals surface area contributed by atoms with Gasteiger partial charge in [0.15, 0.2) is 0 Å². The average molecular weight is 189 g/mol. The lowest BCUT2D eigenvalue weighted by Crippen LogP contribution is -2.17. The van der Waals surface area contributed by atoms with Crippen LogP contribution in [0.4, 0.5) is 0 Å². The predicted molar refractivity (Wildman–Crippen MR) is 56.7 cm³/mol. The third-order valence-corrected chi connectivity index (χ3v) is 2.00. The summed E-state index contributed by atoms with van der Waals surface area (Å²) < 4.78 is 0. The van der Waals surface area contributed by atoms with Crippen LogP contribution in [0, 0.1) is 12.3 Å². The van der Waals surface area contributed by atoms with E-state index in [4.69, 9.17) is 6.42 Å². The Hall–Kier alpha value is -1.33. The standard InChI is InChI=1S/C12H15NO/c1-5-10(14)9-7-6-8-13-11(9)12(2,3)4/h1,6-8,10,14H,2-4H3/t10-/m0/s1. The quantitative estimate of drug-likeness (QED) is 0.686. The van der Waals surface area contributed by atoms with Crippen molar-refractivity contribution < 1.29 is 5.11 Å². The Labute approximate surface area is 85.0 Å². The molecule has 0 spiro atoms. The molecule has 0 aliphatic carbocycles. The largest absolute Gasteiger partial charge is 0.376 e. The van der Waals surface area contributed by atoms with Crippen molar-refractivity contribution in [3.63, 3.8) is 0 Å². The van der Waals surface area contributed by atoms with Crippen LogP contribution in [0.25, 0.3) is 0 Å². The molecule has 0 saturated heterocycles. The Morgan fingerprint density at radius 2 is 2.14 bits per heavy atom. The minimum atomic E-state index is -0.863. The molecule has 0 saturated carbocycles. The number of aliphatic hydroxyl groups is 1. The molecule has 0 radical (unpaired) electrons. The number of aromatic nitrogens is 1. The molecule has 1 aromatic rings. The molecule has 2 heteroatoms. The lowest BCUT2D eigenvalue weighted by molar-refractivity contribution is 0.234. The van der Waals surface area contributed by atoms with Crippen molar-refractivity contribution in [1.82, 2.24) is 4.98 Å². The maximum atomic E-state index is 9.60. The number of aliphatic hydroxyl groups excluding tert-OH is 1. The van der Waals surface area contributed by atoms with Gasteiger partial charge >= 0.3 is 0 Å². The van der Waals surface area contributed by atoms with Gasteiger partial charge in [-0.05, 0) is 6.07 Å². The van der Waals surface area contributed by atoms with Gasteiger partial charge in [0.25, 0.3) is 0 Å². The van der Waals surface area contributed by atoms with Gasteiger partial charge in [-0.3, -0.25) is 4.98 Å². The second kappa shape index (κ2) is 3.81. The van der Waals surface area contributed by atoms with Gasteiger partial charge in [0.05, 0.1) is 5.69 Å². The minimum Gasteiger partial charge on any atom is -0.376 e. The molecule has 1 aromatic heterocycles. The van der Waals surface area contributed by atoms with E-state index in [-0.39, 0.29) is 5.41 Å². The first-order chi connectivity index (χ1) is 6.46. The van der Waals surface area contributed by atoms with Crippen molar-refractivity contribution in [1.29, 1.82) is 0 Å². The van der Waals surface area contributed by atoms with Crippen molar-refractivity contribution in [2.24, 2.45) is 0 Å². The summed E-state index contributed by atoms with van der Waals surface area (Å²) in [5, 5.41) is 9.60. The number of terminal acetylenes is 1. The van der Waals surface area contributed by atoms with E-state index in [0.29, 0.717) is 0 Å². The van der Waals surface area contributed by atoms with E-state index in [9.17, 15) is 5.11 Å². The van der Waals surface area contributed by atoms with Crippen LogP contribution in [-0.4, -0.2) is 10.1 Å². The Bertz CT molecular complexity index is 357. The molecule has 1 heterocycles. The Morgan fingerprint density at radius 3 is 2.64 bits per heavy atom. The zero-order chi connectivity index (χ0) is 10.8. The molecule has 1 N–H and O–H groups in total. The van der Waals surface area contributed by atoms with E-state index in [0.717, 1.165) is 11.3 Å². The van der Waals surface area contributed by atoms with E-state index in [2.05, 4.69) is 10.9 Å². The maximum absolute atomic E-state index is 9.60. The van der Waals surface area contributed by atoms with Crippen molar-refractivity contribution in [2.45, 2.75) is 32.3 Å². The summed E-state index contributed by atoms with van der Waals surface area (Å²) in [5.41, 5.74) is 1.47. The maximum Gasteiger partial charge on any atom is 0.141 e. The lowest BCUT2D eigenvalue weighted by atomic mass is 9.87. The molecular formula is C12H15NO. The zero-order valence-corrected chi connectivity index (χ0v) is 8.78. The molecule has 0 aliphatic heterocycles. The van der Waals surface area contributed by atoms with Crippen molar-refractivity contribution in [3.8, 4) is 12.3 Å². The SMILES string of the molecule is C#C[C@H](O)c1cccnc1C(C)(C)C. The first-order valence-electron chi connectivity index (χ1n) is 4.56. The van der Waals surface area contributed by atoms with E-state index < -0.39 is 6.10 Å². The number of nitrogens with zero attached hydrogens (tertiary/aromatic N) is 1. The van der Waals surface area contributed by atoms with Gasteiger partial charge in [-0.2, -0.15) is 0 Å². The van der Waals surface area contributed by atoms with Crippen molar-refractivity contribution in [3.05, 3.63) is 29.6 Å². The molecule has 74 valence electrons. The van der Waals surface area contributed by atoms with Gasteiger partial charge in [0.1, 0.15) is 6.10 Å². The monoisotopic (exact) mass is 189 g/mol. The second-order valence-electron chi connectivity index (χ2n) is 4.26. The summed E-state index contributed by atoms with van der Waals surface area (Å²) in [5.74, 6) is 2.31. The summed E-state index contributed by atoms with van der Waals surface area (Å²) in [6, 6.07) is 3.60. The molecule has 2 nitrogen and oxygen atoms in total. The highest BCUT2D eigenvalue weighted by atomic mass is 16.3. The van der Waals surface area contributed by atoms with E-state index in [1.165, 1.54) is 0 Å². The Balaban J connectivity index is 3.25.